The second-order valence-corrected chi connectivity index (χ2v) is 7.06. The van der Waals surface area contributed by atoms with Crippen LogP contribution < -0.4 is 15.4 Å². The number of ether oxygens (including phenoxy) is 1. The fraction of sp³-hybridized carbons (Fsp3) is 0.727. The van der Waals surface area contributed by atoms with Crippen molar-refractivity contribution in [1.82, 2.24) is 10.6 Å². The number of para-hydroxylation sites is 1. The summed E-state index contributed by atoms with van der Waals surface area (Å²) in [5, 5.41) is 16.8. The number of nitrogens with one attached hydrogen (secondary N) is 2. The molecule has 0 saturated carbocycles. The molecule has 1 unspecified atom stereocenters. The maximum absolute atomic E-state index is 9.91. The molecule has 0 amide bonds. The number of aliphatic hydroxyl groups is 1. The lowest BCUT2D eigenvalue weighted by atomic mass is 10.1. The van der Waals surface area contributed by atoms with Crippen molar-refractivity contribution < 1.29 is 9.84 Å². The lowest BCUT2D eigenvalue weighted by Crippen LogP contribution is -2.32. The van der Waals surface area contributed by atoms with E-state index in [-0.39, 0.29) is 0 Å². The zero-order valence-corrected chi connectivity index (χ0v) is 16.7. The summed E-state index contributed by atoms with van der Waals surface area (Å²) in [5.74, 6) is 0.807. The van der Waals surface area contributed by atoms with Crippen molar-refractivity contribution in [2.45, 2.75) is 70.8 Å². The molecule has 1 aromatic carbocycles. The van der Waals surface area contributed by atoms with Crippen LogP contribution in [0.25, 0.3) is 0 Å². The average Bonchev–Trinajstić information content (AvgIpc) is 2.67. The minimum Gasteiger partial charge on any atom is -0.491 e. The van der Waals surface area contributed by atoms with E-state index in [4.69, 9.17) is 4.74 Å². The lowest BCUT2D eigenvalue weighted by molar-refractivity contribution is 0.106. The van der Waals surface area contributed by atoms with Crippen LogP contribution in [0.4, 0.5) is 0 Å². The highest BCUT2D eigenvalue weighted by Crippen LogP contribution is 2.08. The molecule has 1 atom stereocenters. The molecule has 0 heterocycles. The summed E-state index contributed by atoms with van der Waals surface area (Å²) >= 11 is 0. The Kier molecular flexibility index (Phi) is 15.3. The van der Waals surface area contributed by atoms with Crippen LogP contribution in [0, 0.1) is 0 Å². The zero-order chi connectivity index (χ0) is 18.7. The van der Waals surface area contributed by atoms with E-state index in [1.54, 1.807) is 0 Å². The molecule has 1 rings (SSSR count). The molecular formula is C22H40N2O2. The van der Waals surface area contributed by atoms with E-state index in [9.17, 15) is 5.11 Å². The van der Waals surface area contributed by atoms with E-state index in [0.29, 0.717) is 13.2 Å². The Bertz CT molecular complexity index is 400. The van der Waals surface area contributed by atoms with Crippen molar-refractivity contribution in [1.29, 1.82) is 0 Å². The Hall–Kier alpha value is -1.10. The summed E-state index contributed by atoms with van der Waals surface area (Å²) in [5.41, 5.74) is 0. The largest absolute Gasteiger partial charge is 0.491 e. The van der Waals surface area contributed by atoms with E-state index in [0.717, 1.165) is 18.8 Å². The summed E-state index contributed by atoms with van der Waals surface area (Å²) in [6.45, 7) is 6.47. The van der Waals surface area contributed by atoms with Gasteiger partial charge in [0.2, 0.25) is 0 Å². The first-order valence-electron chi connectivity index (χ1n) is 10.6. The Labute approximate surface area is 160 Å². The number of hydrogen-bond donors (Lipinski definition) is 3. The molecule has 0 aliphatic heterocycles. The number of aliphatic hydroxyl groups excluding tert-OH is 1. The predicted octanol–water partition coefficient (Wildman–Crippen LogP) is 4.14. The van der Waals surface area contributed by atoms with Gasteiger partial charge in [-0.05, 0) is 51.0 Å². The number of unbranched alkanes of at least 4 members (excludes halogenated alkanes) is 7. The van der Waals surface area contributed by atoms with Crippen molar-refractivity contribution in [3.05, 3.63) is 30.3 Å². The van der Waals surface area contributed by atoms with Crippen molar-refractivity contribution in [2.24, 2.45) is 0 Å². The first kappa shape index (κ1) is 22.9. The standard InChI is InChI=1S/C22H40N2O2/c1-2-3-4-5-11-16-23-17-12-6-7-13-18-24-19-21(25)20-26-22-14-9-8-10-15-22/h8-10,14-15,21,23-25H,2-7,11-13,16-20H2,1H3. The predicted molar refractivity (Wildman–Crippen MR) is 111 cm³/mol. The third-order valence-corrected chi connectivity index (χ3v) is 4.48. The monoisotopic (exact) mass is 364 g/mol. The van der Waals surface area contributed by atoms with Gasteiger partial charge in [0.15, 0.2) is 0 Å². The molecular weight excluding hydrogens is 324 g/mol. The third-order valence-electron chi connectivity index (χ3n) is 4.48. The zero-order valence-electron chi connectivity index (χ0n) is 16.7. The summed E-state index contributed by atoms with van der Waals surface area (Å²) in [7, 11) is 0. The van der Waals surface area contributed by atoms with Crippen LogP contribution in [0.1, 0.15) is 64.7 Å². The van der Waals surface area contributed by atoms with Gasteiger partial charge in [0.1, 0.15) is 18.5 Å². The lowest BCUT2D eigenvalue weighted by Gasteiger charge is -2.13. The molecule has 0 aromatic heterocycles. The summed E-state index contributed by atoms with van der Waals surface area (Å²) in [6, 6.07) is 9.63. The maximum atomic E-state index is 9.91. The first-order valence-corrected chi connectivity index (χ1v) is 10.6. The minimum absolute atomic E-state index is 0.334. The molecule has 0 bridgehead atoms. The maximum Gasteiger partial charge on any atom is 0.119 e. The highest BCUT2D eigenvalue weighted by atomic mass is 16.5. The van der Waals surface area contributed by atoms with Crippen LogP contribution in [0.5, 0.6) is 5.75 Å². The van der Waals surface area contributed by atoms with Gasteiger partial charge >= 0.3 is 0 Å². The van der Waals surface area contributed by atoms with Crippen LogP contribution in [-0.4, -0.2) is 44.0 Å². The van der Waals surface area contributed by atoms with Crippen LogP contribution >= 0.6 is 0 Å². The molecule has 0 radical (unpaired) electrons. The van der Waals surface area contributed by atoms with Gasteiger partial charge in [-0.1, -0.05) is 63.6 Å². The van der Waals surface area contributed by atoms with Gasteiger partial charge in [-0.2, -0.15) is 0 Å². The highest BCUT2D eigenvalue weighted by Gasteiger charge is 2.04. The smallest absolute Gasteiger partial charge is 0.119 e. The van der Waals surface area contributed by atoms with Crippen molar-refractivity contribution in [3.63, 3.8) is 0 Å². The van der Waals surface area contributed by atoms with Crippen molar-refractivity contribution >= 4 is 0 Å². The SMILES string of the molecule is CCCCCCCNCCCCCCNCC(O)COc1ccccc1. The molecule has 0 aliphatic carbocycles. The van der Waals surface area contributed by atoms with E-state index < -0.39 is 6.10 Å². The minimum atomic E-state index is -0.461. The topological polar surface area (TPSA) is 53.5 Å². The number of benzene rings is 1. The molecule has 0 aliphatic rings. The molecule has 1 aromatic rings. The molecule has 0 saturated heterocycles. The van der Waals surface area contributed by atoms with Gasteiger partial charge < -0.3 is 20.5 Å². The average molecular weight is 365 g/mol. The van der Waals surface area contributed by atoms with Gasteiger partial charge in [-0.15, -0.1) is 0 Å². The molecule has 3 N–H and O–H groups in total. The fourth-order valence-corrected chi connectivity index (χ4v) is 2.87. The second kappa shape index (κ2) is 17.3. The Balaban J connectivity index is 1.77. The van der Waals surface area contributed by atoms with Gasteiger partial charge in [-0.25, -0.2) is 0 Å². The normalized spacial score (nSPS) is 12.2. The van der Waals surface area contributed by atoms with Crippen LogP contribution in [0.2, 0.25) is 0 Å². The molecule has 150 valence electrons. The Morgan fingerprint density at radius 1 is 0.808 bits per heavy atom. The van der Waals surface area contributed by atoms with Gasteiger partial charge in [-0.3, -0.25) is 0 Å². The van der Waals surface area contributed by atoms with E-state index >= 15 is 0 Å². The van der Waals surface area contributed by atoms with Crippen molar-refractivity contribution in [3.8, 4) is 5.75 Å². The van der Waals surface area contributed by atoms with Crippen molar-refractivity contribution in [2.75, 3.05) is 32.8 Å². The second-order valence-electron chi connectivity index (χ2n) is 7.06. The Morgan fingerprint density at radius 2 is 1.38 bits per heavy atom. The van der Waals surface area contributed by atoms with Gasteiger partial charge in [0.05, 0.1) is 0 Å². The summed E-state index contributed by atoms with van der Waals surface area (Å²) < 4.78 is 5.54. The van der Waals surface area contributed by atoms with Crippen LogP contribution in [0.3, 0.4) is 0 Å². The fourth-order valence-electron chi connectivity index (χ4n) is 2.87. The first-order chi connectivity index (χ1) is 12.8. The van der Waals surface area contributed by atoms with E-state index in [1.165, 1.54) is 64.3 Å². The molecule has 4 nitrogen and oxygen atoms in total. The van der Waals surface area contributed by atoms with E-state index in [2.05, 4.69) is 17.6 Å². The molecule has 0 spiro atoms. The van der Waals surface area contributed by atoms with E-state index in [1.807, 2.05) is 30.3 Å². The van der Waals surface area contributed by atoms with Gasteiger partial charge in [0.25, 0.3) is 0 Å². The van der Waals surface area contributed by atoms with Crippen LogP contribution in [-0.2, 0) is 0 Å². The summed E-state index contributed by atoms with van der Waals surface area (Å²) in [4.78, 5) is 0. The highest BCUT2D eigenvalue weighted by molar-refractivity contribution is 5.20. The molecule has 26 heavy (non-hydrogen) atoms. The number of rotatable bonds is 18. The molecule has 4 heteroatoms. The van der Waals surface area contributed by atoms with Gasteiger partial charge in [0, 0.05) is 6.54 Å². The van der Waals surface area contributed by atoms with Crippen LogP contribution in [0.15, 0.2) is 30.3 Å². The molecule has 0 fully saturated rings. The Morgan fingerprint density at radius 3 is 2.00 bits per heavy atom. The number of hydrogen-bond acceptors (Lipinski definition) is 4. The quantitative estimate of drug-likeness (QED) is 0.343. The third kappa shape index (κ3) is 14.1. The summed E-state index contributed by atoms with van der Waals surface area (Å²) in [6.07, 6.45) is 11.3.